The van der Waals surface area contributed by atoms with Gasteiger partial charge in [0.25, 0.3) is 0 Å². The second-order valence-electron chi connectivity index (χ2n) is 15.8. The van der Waals surface area contributed by atoms with Gasteiger partial charge in [-0.3, -0.25) is 4.79 Å². The lowest BCUT2D eigenvalue weighted by Gasteiger charge is -2.42. The van der Waals surface area contributed by atoms with Crippen molar-refractivity contribution in [3.8, 4) is 0 Å². The molecule has 7 N–H and O–H groups in total. The van der Waals surface area contributed by atoms with E-state index in [-0.39, 0.29) is 19.6 Å². The molecule has 356 valence electrons. The first-order valence-electron chi connectivity index (χ1n) is 23.0. The smallest absolute Gasteiger partial charge is 0.306 e. The number of carbonyl (C=O) groups excluding carboxylic acids is 1. The second kappa shape index (κ2) is 35.7. The molecule has 2 fully saturated rings. The van der Waals surface area contributed by atoms with Crippen LogP contribution in [0.3, 0.4) is 0 Å². The van der Waals surface area contributed by atoms with Crippen molar-refractivity contribution < 1.29 is 69.0 Å². The maximum atomic E-state index is 12.7. The summed E-state index contributed by atoms with van der Waals surface area (Å²) in [6, 6.07) is 0. The Kier molecular flexibility index (Phi) is 32.0. The van der Waals surface area contributed by atoms with Gasteiger partial charge >= 0.3 is 5.97 Å². The Bertz CT molecular complexity index is 1300. The SMILES string of the molecule is CC/C=C\C/C=C\C/C=C\C/C=C\C/C=C\C/C=C\CCCCCCCOCC(COC1OC(COC2OC(CO)C(O)C(O)C2O)C(O)C(O)C1O)OC(=O)CCCCCC. The third-order valence-electron chi connectivity index (χ3n) is 10.5. The summed E-state index contributed by atoms with van der Waals surface area (Å²) in [4.78, 5) is 12.7. The fraction of sp³-hybridized carbons (Fsp3) is 0.729. The highest BCUT2D eigenvalue weighted by molar-refractivity contribution is 5.69. The van der Waals surface area contributed by atoms with E-state index < -0.39 is 86.7 Å². The molecule has 2 aliphatic rings. The Balaban J connectivity index is 1.68. The summed E-state index contributed by atoms with van der Waals surface area (Å²) in [5.41, 5.74) is 0. The number of esters is 1. The van der Waals surface area contributed by atoms with E-state index in [4.69, 9.17) is 28.4 Å². The predicted molar refractivity (Wildman–Crippen MR) is 238 cm³/mol. The van der Waals surface area contributed by atoms with Crippen LogP contribution in [0.15, 0.2) is 72.9 Å². The van der Waals surface area contributed by atoms with Crippen LogP contribution in [0.4, 0.5) is 0 Å². The van der Waals surface area contributed by atoms with Crippen molar-refractivity contribution in [2.75, 3.05) is 33.0 Å². The highest BCUT2D eigenvalue weighted by Gasteiger charge is 2.47. The molecule has 14 nitrogen and oxygen atoms in total. The minimum absolute atomic E-state index is 0.0427. The van der Waals surface area contributed by atoms with Gasteiger partial charge in [0, 0.05) is 13.0 Å². The standard InChI is InChI=1S/C48H80O14/c1-3-5-7-9-10-11-12-13-14-15-16-17-18-19-20-21-22-23-24-25-26-27-28-30-32-57-34-37(60-40(50)31-29-8-6-4-2)35-58-47-46(56)44(54)42(52)39(62-47)36-59-48-45(55)43(53)41(51)38(33-49)61-48/h5,7,10-11,13-14,16-17,19-20,22-23,37-39,41-49,51-56H,3-4,6,8-9,12,15,18,21,24-36H2,1-2H3/b7-5-,11-10-,14-13-,17-16-,20-19-,23-22-. The molecule has 11 unspecified atom stereocenters. The third kappa shape index (κ3) is 23.9. The van der Waals surface area contributed by atoms with Crippen LogP contribution in [0.25, 0.3) is 0 Å². The van der Waals surface area contributed by atoms with Crippen LogP contribution in [0.1, 0.15) is 123 Å². The van der Waals surface area contributed by atoms with E-state index >= 15 is 0 Å². The summed E-state index contributed by atoms with van der Waals surface area (Å²) in [7, 11) is 0. The first-order valence-corrected chi connectivity index (χ1v) is 23.0. The number of hydrogen-bond donors (Lipinski definition) is 7. The number of carbonyl (C=O) groups is 1. The lowest BCUT2D eigenvalue weighted by Crippen LogP contribution is -2.61. The molecule has 2 rings (SSSR count). The van der Waals surface area contributed by atoms with Crippen LogP contribution in [0.2, 0.25) is 0 Å². The lowest BCUT2D eigenvalue weighted by atomic mass is 9.98. The summed E-state index contributed by atoms with van der Waals surface area (Å²) < 4.78 is 33.9. The molecule has 0 radical (unpaired) electrons. The van der Waals surface area contributed by atoms with Gasteiger partial charge in [0.1, 0.15) is 54.9 Å². The molecular weight excluding hydrogens is 801 g/mol. The molecule has 11 atom stereocenters. The van der Waals surface area contributed by atoms with Gasteiger partial charge in [-0.15, -0.1) is 0 Å². The topological polar surface area (TPSA) is 214 Å². The van der Waals surface area contributed by atoms with Crippen molar-refractivity contribution in [3.05, 3.63) is 72.9 Å². The molecule has 0 aromatic rings. The number of ether oxygens (including phenoxy) is 6. The van der Waals surface area contributed by atoms with E-state index in [0.717, 1.165) is 96.3 Å². The van der Waals surface area contributed by atoms with Crippen molar-refractivity contribution in [1.29, 1.82) is 0 Å². The molecule has 2 aliphatic heterocycles. The van der Waals surface area contributed by atoms with Crippen LogP contribution in [0, 0.1) is 0 Å². The van der Waals surface area contributed by atoms with E-state index in [1.807, 2.05) is 0 Å². The number of aliphatic hydroxyl groups is 7. The van der Waals surface area contributed by atoms with Gasteiger partial charge in [-0.05, 0) is 64.2 Å². The van der Waals surface area contributed by atoms with Gasteiger partial charge in [-0.1, -0.05) is 125 Å². The molecule has 0 aromatic carbocycles. The third-order valence-corrected chi connectivity index (χ3v) is 10.5. The maximum Gasteiger partial charge on any atom is 0.306 e. The molecule has 2 heterocycles. The average Bonchev–Trinajstić information content (AvgIpc) is 3.27. The Hall–Kier alpha value is -2.57. The van der Waals surface area contributed by atoms with E-state index in [0.29, 0.717) is 13.0 Å². The highest BCUT2D eigenvalue weighted by Crippen LogP contribution is 2.26. The molecule has 0 aliphatic carbocycles. The Morgan fingerprint density at radius 2 is 1.05 bits per heavy atom. The maximum absolute atomic E-state index is 12.7. The number of unbranched alkanes of at least 4 members (excludes halogenated alkanes) is 8. The highest BCUT2D eigenvalue weighted by atomic mass is 16.7. The number of rotatable bonds is 34. The normalized spacial score (nSPS) is 27.9. The zero-order valence-electron chi connectivity index (χ0n) is 37.3. The molecule has 0 aromatic heterocycles. The van der Waals surface area contributed by atoms with E-state index in [2.05, 4.69) is 86.8 Å². The summed E-state index contributed by atoms with van der Waals surface area (Å²) in [6.45, 7) is 3.35. The Morgan fingerprint density at radius 3 is 1.63 bits per heavy atom. The predicted octanol–water partition coefficient (Wildman–Crippen LogP) is 5.56. The van der Waals surface area contributed by atoms with E-state index in [1.165, 1.54) is 0 Å². The van der Waals surface area contributed by atoms with Crippen LogP contribution in [-0.4, -0.2) is 142 Å². The molecule has 14 heteroatoms. The fourth-order valence-electron chi connectivity index (χ4n) is 6.70. The molecule has 2 saturated heterocycles. The molecular formula is C48H80O14. The van der Waals surface area contributed by atoms with Gasteiger partial charge in [0.2, 0.25) is 0 Å². The van der Waals surface area contributed by atoms with Crippen molar-refractivity contribution in [1.82, 2.24) is 0 Å². The summed E-state index contributed by atoms with van der Waals surface area (Å²) in [5, 5.41) is 71.6. The lowest BCUT2D eigenvalue weighted by molar-refractivity contribution is -0.332. The first-order chi connectivity index (χ1) is 30.1. The molecule has 62 heavy (non-hydrogen) atoms. The van der Waals surface area contributed by atoms with Crippen LogP contribution >= 0.6 is 0 Å². The fourth-order valence-corrected chi connectivity index (χ4v) is 6.70. The first kappa shape index (κ1) is 55.6. The average molecular weight is 881 g/mol. The molecule has 0 spiro atoms. The molecule has 0 amide bonds. The second-order valence-corrected chi connectivity index (χ2v) is 15.8. The number of allylic oxidation sites excluding steroid dienone is 12. The van der Waals surface area contributed by atoms with E-state index in [1.54, 1.807) is 0 Å². The van der Waals surface area contributed by atoms with Crippen molar-refractivity contribution in [2.45, 2.75) is 191 Å². The Labute approximate surface area is 370 Å². The minimum atomic E-state index is -1.71. The number of hydrogen-bond acceptors (Lipinski definition) is 14. The van der Waals surface area contributed by atoms with Gasteiger partial charge in [-0.25, -0.2) is 0 Å². The van der Waals surface area contributed by atoms with E-state index in [9.17, 15) is 40.5 Å². The van der Waals surface area contributed by atoms with Gasteiger partial charge < -0.3 is 64.2 Å². The minimum Gasteiger partial charge on any atom is -0.457 e. The molecule has 0 bridgehead atoms. The van der Waals surface area contributed by atoms with Crippen LogP contribution in [0.5, 0.6) is 0 Å². The van der Waals surface area contributed by atoms with Crippen molar-refractivity contribution in [2.24, 2.45) is 0 Å². The Morgan fingerprint density at radius 1 is 0.548 bits per heavy atom. The summed E-state index contributed by atoms with van der Waals surface area (Å²) in [6.07, 6.45) is 26.2. The number of aliphatic hydroxyl groups excluding tert-OH is 7. The monoisotopic (exact) mass is 881 g/mol. The quantitative estimate of drug-likeness (QED) is 0.0240. The van der Waals surface area contributed by atoms with Crippen molar-refractivity contribution in [3.63, 3.8) is 0 Å². The van der Waals surface area contributed by atoms with Gasteiger partial charge in [0.05, 0.1) is 26.4 Å². The zero-order valence-corrected chi connectivity index (χ0v) is 37.3. The summed E-state index contributed by atoms with van der Waals surface area (Å²) in [5.74, 6) is -0.406. The molecule has 0 saturated carbocycles. The van der Waals surface area contributed by atoms with Crippen molar-refractivity contribution >= 4 is 5.97 Å². The summed E-state index contributed by atoms with van der Waals surface area (Å²) >= 11 is 0. The van der Waals surface area contributed by atoms with Gasteiger partial charge in [0.15, 0.2) is 12.6 Å². The van der Waals surface area contributed by atoms with Gasteiger partial charge in [-0.2, -0.15) is 0 Å². The largest absolute Gasteiger partial charge is 0.457 e. The zero-order chi connectivity index (χ0) is 45.2. The van der Waals surface area contributed by atoms with Crippen LogP contribution in [-0.2, 0) is 33.2 Å². The van der Waals surface area contributed by atoms with Crippen LogP contribution < -0.4 is 0 Å².